The topological polar surface area (TPSA) is 108 Å². The van der Waals surface area contributed by atoms with Crippen molar-refractivity contribution in [1.29, 1.82) is 0 Å². The van der Waals surface area contributed by atoms with Gasteiger partial charge < -0.3 is 25.4 Å². The molecule has 0 saturated heterocycles. The van der Waals surface area contributed by atoms with E-state index in [-0.39, 0.29) is 29.5 Å². The summed E-state index contributed by atoms with van der Waals surface area (Å²) < 4.78 is 5.36. The summed E-state index contributed by atoms with van der Waals surface area (Å²) in [5.74, 6) is -0.236. The lowest BCUT2D eigenvalue weighted by Crippen LogP contribution is -2.56. The van der Waals surface area contributed by atoms with Gasteiger partial charge in [0.15, 0.2) is 0 Å². The zero-order valence-electron chi connectivity index (χ0n) is 23.7. The molecule has 0 saturated carbocycles. The minimum atomic E-state index is -1.000. The van der Waals surface area contributed by atoms with Crippen molar-refractivity contribution >= 4 is 30.5 Å². The van der Waals surface area contributed by atoms with E-state index in [0.717, 1.165) is 19.3 Å². The van der Waals surface area contributed by atoms with Gasteiger partial charge in [-0.2, -0.15) is 12.6 Å². The van der Waals surface area contributed by atoms with Crippen molar-refractivity contribution in [3.63, 3.8) is 0 Å². The van der Waals surface area contributed by atoms with Crippen LogP contribution in [0.5, 0.6) is 5.75 Å². The summed E-state index contributed by atoms with van der Waals surface area (Å²) in [5.41, 5.74) is -0.165. The zero-order valence-corrected chi connectivity index (χ0v) is 24.6. The first-order valence-corrected chi connectivity index (χ1v) is 13.8. The SMILES string of the molecule is CCCC(C)NC(=O)C(c1ccc(O)cc1)N(C(=O)C(CS)NC(=O)OC(C)(C)C)C(C)CCC(C)C. The van der Waals surface area contributed by atoms with Gasteiger partial charge in [-0.25, -0.2) is 4.79 Å². The van der Waals surface area contributed by atoms with Crippen molar-refractivity contribution in [2.24, 2.45) is 5.92 Å². The Hall–Kier alpha value is -2.42. The predicted molar refractivity (Wildman–Crippen MR) is 151 cm³/mol. The normalized spacial score (nSPS) is 14.9. The van der Waals surface area contributed by atoms with Crippen LogP contribution in [0.3, 0.4) is 0 Å². The Bertz CT molecular complexity index is 870. The molecule has 9 heteroatoms. The third-order valence-corrected chi connectivity index (χ3v) is 6.27. The van der Waals surface area contributed by atoms with E-state index in [1.807, 2.05) is 20.8 Å². The molecular formula is C28H47N3O5S. The lowest BCUT2D eigenvalue weighted by atomic mass is 9.97. The number of aromatic hydroxyl groups is 1. The molecule has 4 unspecified atom stereocenters. The zero-order chi connectivity index (χ0) is 28.3. The van der Waals surface area contributed by atoms with Gasteiger partial charge >= 0.3 is 6.09 Å². The molecular weight excluding hydrogens is 490 g/mol. The molecule has 0 aliphatic carbocycles. The Morgan fingerprint density at radius 2 is 1.59 bits per heavy atom. The van der Waals surface area contributed by atoms with Crippen molar-refractivity contribution in [3.05, 3.63) is 29.8 Å². The first kappa shape index (κ1) is 32.6. The molecule has 0 aliphatic heterocycles. The molecule has 37 heavy (non-hydrogen) atoms. The first-order chi connectivity index (χ1) is 17.2. The number of carbonyl (C=O) groups is 3. The Morgan fingerprint density at radius 3 is 2.08 bits per heavy atom. The summed E-state index contributed by atoms with van der Waals surface area (Å²) in [6.07, 6.45) is 2.50. The second kappa shape index (κ2) is 15.1. The number of phenolic OH excluding ortho intramolecular Hbond substituents is 1. The number of benzene rings is 1. The molecule has 0 radical (unpaired) electrons. The highest BCUT2D eigenvalue weighted by molar-refractivity contribution is 7.80. The van der Waals surface area contributed by atoms with E-state index >= 15 is 0 Å². The van der Waals surface area contributed by atoms with Gasteiger partial charge in [-0.15, -0.1) is 0 Å². The third kappa shape index (κ3) is 11.2. The molecule has 8 nitrogen and oxygen atoms in total. The van der Waals surface area contributed by atoms with Crippen molar-refractivity contribution in [2.75, 3.05) is 5.75 Å². The van der Waals surface area contributed by atoms with Crippen LogP contribution in [0.25, 0.3) is 0 Å². The molecule has 0 heterocycles. The monoisotopic (exact) mass is 537 g/mol. The van der Waals surface area contributed by atoms with E-state index < -0.39 is 29.7 Å². The fourth-order valence-electron chi connectivity index (χ4n) is 4.05. The van der Waals surface area contributed by atoms with Gasteiger partial charge in [0.25, 0.3) is 0 Å². The van der Waals surface area contributed by atoms with Crippen molar-refractivity contribution in [2.45, 2.75) is 111 Å². The standard InChI is InChI=1S/C28H47N3O5S/c1-9-10-19(4)29-25(33)24(21-13-15-22(32)16-14-21)31(20(5)12-11-18(2)3)26(34)23(17-37)30-27(35)36-28(6,7)8/h13-16,18-20,23-24,32,37H,9-12,17H2,1-8H3,(H,29,33)(H,30,35). The number of thiol groups is 1. The number of phenols is 1. The quantitative estimate of drug-likeness (QED) is 0.258. The maximum absolute atomic E-state index is 14.0. The van der Waals surface area contributed by atoms with E-state index in [4.69, 9.17) is 4.74 Å². The van der Waals surface area contributed by atoms with Crippen molar-refractivity contribution < 1.29 is 24.2 Å². The van der Waals surface area contributed by atoms with Crippen molar-refractivity contribution in [3.8, 4) is 5.75 Å². The van der Waals surface area contributed by atoms with Gasteiger partial charge in [-0.05, 0) is 77.5 Å². The highest BCUT2D eigenvalue weighted by atomic mass is 32.1. The van der Waals surface area contributed by atoms with Gasteiger partial charge in [-0.3, -0.25) is 9.59 Å². The number of rotatable bonds is 13. The molecule has 0 aromatic heterocycles. The van der Waals surface area contributed by atoms with Gasteiger partial charge in [0.05, 0.1) is 0 Å². The van der Waals surface area contributed by atoms with Crippen LogP contribution in [0.2, 0.25) is 0 Å². The Kier molecular flexibility index (Phi) is 13.3. The largest absolute Gasteiger partial charge is 0.508 e. The minimum Gasteiger partial charge on any atom is -0.508 e. The summed E-state index contributed by atoms with van der Waals surface area (Å²) in [5, 5.41) is 15.6. The second-order valence-corrected chi connectivity index (χ2v) is 11.5. The highest BCUT2D eigenvalue weighted by Gasteiger charge is 2.38. The molecule has 0 spiro atoms. The fraction of sp³-hybridized carbons (Fsp3) is 0.679. The Morgan fingerprint density at radius 1 is 1.00 bits per heavy atom. The lowest BCUT2D eigenvalue weighted by molar-refractivity contribution is -0.145. The summed E-state index contributed by atoms with van der Waals surface area (Å²) >= 11 is 4.34. The molecule has 0 fully saturated rings. The van der Waals surface area contributed by atoms with Crippen LogP contribution < -0.4 is 10.6 Å². The van der Waals surface area contributed by atoms with Gasteiger partial charge in [-0.1, -0.05) is 39.3 Å². The maximum atomic E-state index is 14.0. The number of ether oxygens (including phenoxy) is 1. The third-order valence-electron chi connectivity index (χ3n) is 5.91. The summed E-state index contributed by atoms with van der Waals surface area (Å²) in [6, 6.07) is 3.94. The van der Waals surface area contributed by atoms with Crippen LogP contribution >= 0.6 is 12.6 Å². The Balaban J connectivity index is 3.51. The van der Waals surface area contributed by atoms with E-state index in [2.05, 4.69) is 37.1 Å². The molecule has 4 atom stereocenters. The van der Waals surface area contributed by atoms with Gasteiger partial charge in [0, 0.05) is 17.8 Å². The smallest absolute Gasteiger partial charge is 0.408 e. The van der Waals surface area contributed by atoms with Crippen LogP contribution in [0, 0.1) is 5.92 Å². The molecule has 1 rings (SSSR count). The molecule has 3 amide bonds. The number of hydrogen-bond acceptors (Lipinski definition) is 6. The summed E-state index contributed by atoms with van der Waals surface area (Å²) in [6.45, 7) is 15.3. The van der Waals surface area contributed by atoms with Gasteiger partial charge in [0.1, 0.15) is 23.4 Å². The van der Waals surface area contributed by atoms with Crippen molar-refractivity contribution in [1.82, 2.24) is 15.5 Å². The maximum Gasteiger partial charge on any atom is 0.408 e. The van der Waals surface area contributed by atoms with E-state index in [9.17, 15) is 19.5 Å². The van der Waals surface area contributed by atoms with Crippen LogP contribution in [0.15, 0.2) is 24.3 Å². The molecule has 210 valence electrons. The number of alkyl carbamates (subject to hydrolysis) is 1. The van der Waals surface area contributed by atoms with E-state index in [1.165, 1.54) is 12.1 Å². The number of nitrogens with one attached hydrogen (secondary N) is 2. The summed E-state index contributed by atoms with van der Waals surface area (Å²) in [4.78, 5) is 41.8. The highest BCUT2D eigenvalue weighted by Crippen LogP contribution is 2.29. The molecule has 0 aliphatic rings. The molecule has 0 bridgehead atoms. The van der Waals surface area contributed by atoms with E-state index in [1.54, 1.807) is 37.8 Å². The number of hydrogen-bond donors (Lipinski definition) is 4. The van der Waals surface area contributed by atoms with Crippen LogP contribution in [0.1, 0.15) is 92.7 Å². The fourth-order valence-corrected chi connectivity index (χ4v) is 4.30. The molecule has 1 aromatic rings. The van der Waals surface area contributed by atoms with Crippen LogP contribution in [0.4, 0.5) is 4.79 Å². The first-order valence-electron chi connectivity index (χ1n) is 13.2. The van der Waals surface area contributed by atoms with Gasteiger partial charge in [0.2, 0.25) is 11.8 Å². The predicted octanol–water partition coefficient (Wildman–Crippen LogP) is 5.21. The number of nitrogens with zero attached hydrogens (tertiary/aromatic N) is 1. The van der Waals surface area contributed by atoms with E-state index in [0.29, 0.717) is 17.9 Å². The number of amides is 3. The minimum absolute atomic E-state index is 0.0294. The number of carbonyl (C=O) groups excluding carboxylic acids is 3. The molecule has 1 aromatic carbocycles. The average Bonchev–Trinajstić information content (AvgIpc) is 2.78. The van der Waals surface area contributed by atoms with Crippen LogP contribution in [-0.2, 0) is 14.3 Å². The average molecular weight is 538 g/mol. The molecule has 3 N–H and O–H groups in total. The summed E-state index contributed by atoms with van der Waals surface area (Å²) in [7, 11) is 0. The van der Waals surface area contributed by atoms with Crippen LogP contribution in [-0.4, -0.2) is 57.4 Å². The lowest BCUT2D eigenvalue weighted by Gasteiger charge is -2.39. The Labute approximate surface area is 228 Å². The second-order valence-electron chi connectivity index (χ2n) is 11.1.